The van der Waals surface area contributed by atoms with E-state index >= 15 is 0 Å². The molecule has 0 amide bonds. The Morgan fingerprint density at radius 1 is 1.28 bits per heavy atom. The second kappa shape index (κ2) is 8.50. The lowest BCUT2D eigenvalue weighted by Crippen LogP contribution is -2.23. The third-order valence-electron chi connectivity index (χ3n) is 4.40. The van der Waals surface area contributed by atoms with Crippen molar-refractivity contribution in [3.63, 3.8) is 0 Å². The Labute approximate surface area is 148 Å². The van der Waals surface area contributed by atoms with E-state index in [4.69, 9.17) is 10.5 Å². The molecule has 25 heavy (non-hydrogen) atoms. The number of anilines is 1. The summed E-state index contributed by atoms with van der Waals surface area (Å²) < 4.78 is 7.58. The molecule has 1 aliphatic heterocycles. The number of hydrogen-bond donors (Lipinski definition) is 2. The summed E-state index contributed by atoms with van der Waals surface area (Å²) in [5.41, 5.74) is 6.78. The Morgan fingerprint density at radius 3 is 3.04 bits per heavy atom. The molecule has 0 aliphatic carbocycles. The zero-order valence-electron chi connectivity index (χ0n) is 14.7. The van der Waals surface area contributed by atoms with Crippen LogP contribution in [0.5, 0.6) is 5.75 Å². The van der Waals surface area contributed by atoms with Crippen LogP contribution in [0, 0.1) is 0 Å². The Balaban J connectivity index is 1.51. The number of para-hydroxylation sites is 2. The van der Waals surface area contributed by atoms with Crippen molar-refractivity contribution in [1.82, 2.24) is 14.8 Å². The standard InChI is InChI=1S/C18H26N6O/c1-25-15-9-5-4-8-14(15)21-18(19)20-12-7-11-17-23-22-16-10-3-2-6-13-24(16)17/h4-5,8-9H,2-3,6-7,10-13H2,1H3,(H3,19,20,21). The van der Waals surface area contributed by atoms with Crippen molar-refractivity contribution < 1.29 is 4.74 Å². The van der Waals surface area contributed by atoms with Crippen LogP contribution >= 0.6 is 0 Å². The minimum Gasteiger partial charge on any atom is -0.495 e. The van der Waals surface area contributed by atoms with Gasteiger partial charge in [-0.05, 0) is 31.4 Å². The van der Waals surface area contributed by atoms with Gasteiger partial charge >= 0.3 is 0 Å². The van der Waals surface area contributed by atoms with Gasteiger partial charge < -0.3 is 20.4 Å². The summed E-state index contributed by atoms with van der Waals surface area (Å²) in [7, 11) is 1.63. The normalized spacial score (nSPS) is 14.7. The summed E-state index contributed by atoms with van der Waals surface area (Å²) >= 11 is 0. The highest BCUT2D eigenvalue weighted by atomic mass is 16.5. The van der Waals surface area contributed by atoms with Crippen molar-refractivity contribution >= 4 is 11.6 Å². The Bertz CT molecular complexity index is 724. The van der Waals surface area contributed by atoms with Crippen molar-refractivity contribution in [2.45, 2.75) is 45.1 Å². The van der Waals surface area contributed by atoms with Crippen molar-refractivity contribution in [3.8, 4) is 5.75 Å². The van der Waals surface area contributed by atoms with Crippen molar-refractivity contribution in [2.75, 3.05) is 19.0 Å². The summed E-state index contributed by atoms with van der Waals surface area (Å²) in [6, 6.07) is 7.63. The predicted octanol–water partition coefficient (Wildman–Crippen LogP) is 2.37. The SMILES string of the molecule is COc1ccccc1NC(N)=NCCCc1nnc2n1CCCCC2. The van der Waals surface area contributed by atoms with Gasteiger partial charge in [0.25, 0.3) is 0 Å². The van der Waals surface area contributed by atoms with E-state index in [-0.39, 0.29) is 0 Å². The molecular formula is C18H26N6O. The highest BCUT2D eigenvalue weighted by molar-refractivity contribution is 5.93. The number of hydrogen-bond acceptors (Lipinski definition) is 4. The first kappa shape index (κ1) is 17.3. The summed E-state index contributed by atoms with van der Waals surface area (Å²) in [5.74, 6) is 3.34. The number of methoxy groups -OCH3 is 1. The molecule has 2 heterocycles. The fourth-order valence-corrected chi connectivity index (χ4v) is 3.09. The van der Waals surface area contributed by atoms with E-state index in [1.54, 1.807) is 7.11 Å². The van der Waals surface area contributed by atoms with Gasteiger partial charge in [0.05, 0.1) is 12.8 Å². The summed E-state index contributed by atoms with van der Waals surface area (Å²) in [6.07, 6.45) is 6.52. The number of ether oxygens (including phenoxy) is 1. The van der Waals surface area contributed by atoms with Gasteiger partial charge in [-0.2, -0.15) is 0 Å². The van der Waals surface area contributed by atoms with Crippen LogP contribution in [0.1, 0.15) is 37.3 Å². The maximum Gasteiger partial charge on any atom is 0.193 e. The van der Waals surface area contributed by atoms with Gasteiger partial charge in [-0.25, -0.2) is 0 Å². The van der Waals surface area contributed by atoms with Crippen LogP contribution in [0.25, 0.3) is 0 Å². The Kier molecular flexibility index (Phi) is 5.87. The summed E-state index contributed by atoms with van der Waals surface area (Å²) in [6.45, 7) is 1.69. The summed E-state index contributed by atoms with van der Waals surface area (Å²) in [4.78, 5) is 4.40. The molecular weight excluding hydrogens is 316 g/mol. The number of nitrogens with two attached hydrogens (primary N) is 1. The van der Waals surface area contributed by atoms with Gasteiger partial charge in [0.15, 0.2) is 5.96 Å². The number of fused-ring (bicyclic) bond motifs is 1. The molecule has 0 saturated carbocycles. The molecule has 134 valence electrons. The quantitative estimate of drug-likeness (QED) is 0.478. The van der Waals surface area contributed by atoms with Crippen LogP contribution in [0.2, 0.25) is 0 Å². The van der Waals surface area contributed by atoms with Crippen molar-refractivity contribution in [2.24, 2.45) is 10.7 Å². The molecule has 3 rings (SSSR count). The highest BCUT2D eigenvalue weighted by Gasteiger charge is 2.13. The number of aliphatic imine (C=N–C) groups is 1. The molecule has 0 unspecified atom stereocenters. The van der Waals surface area contributed by atoms with Crippen molar-refractivity contribution in [3.05, 3.63) is 35.9 Å². The average Bonchev–Trinajstić information content (AvgIpc) is 2.86. The lowest BCUT2D eigenvalue weighted by molar-refractivity contribution is 0.417. The van der Waals surface area contributed by atoms with E-state index in [0.717, 1.165) is 48.9 Å². The van der Waals surface area contributed by atoms with Gasteiger partial charge in [0.1, 0.15) is 17.4 Å². The van der Waals surface area contributed by atoms with E-state index in [0.29, 0.717) is 12.5 Å². The number of aromatic nitrogens is 3. The number of aryl methyl sites for hydroxylation is 2. The first-order valence-corrected chi connectivity index (χ1v) is 8.89. The fraction of sp³-hybridized carbons (Fsp3) is 0.500. The van der Waals surface area contributed by atoms with E-state index in [1.807, 2.05) is 24.3 Å². The van der Waals surface area contributed by atoms with Crippen LogP contribution in [0.4, 0.5) is 5.69 Å². The lowest BCUT2D eigenvalue weighted by Gasteiger charge is -2.10. The molecule has 1 aliphatic rings. The minimum atomic E-state index is 0.393. The minimum absolute atomic E-state index is 0.393. The molecule has 7 nitrogen and oxygen atoms in total. The molecule has 0 spiro atoms. The maximum absolute atomic E-state index is 5.97. The van der Waals surface area contributed by atoms with Crippen LogP contribution < -0.4 is 15.8 Å². The van der Waals surface area contributed by atoms with E-state index in [1.165, 1.54) is 19.3 Å². The number of rotatable bonds is 6. The van der Waals surface area contributed by atoms with Gasteiger partial charge in [-0.15, -0.1) is 10.2 Å². The van der Waals surface area contributed by atoms with Crippen LogP contribution in [0.3, 0.4) is 0 Å². The second-order valence-corrected chi connectivity index (χ2v) is 6.19. The second-order valence-electron chi connectivity index (χ2n) is 6.19. The number of benzene rings is 1. The molecule has 0 bridgehead atoms. The Morgan fingerprint density at radius 2 is 2.16 bits per heavy atom. The predicted molar refractivity (Wildman–Crippen MR) is 99.0 cm³/mol. The molecule has 0 fully saturated rings. The van der Waals surface area contributed by atoms with Crippen molar-refractivity contribution in [1.29, 1.82) is 0 Å². The maximum atomic E-state index is 5.97. The van der Waals surface area contributed by atoms with Crippen LogP contribution in [-0.4, -0.2) is 34.4 Å². The van der Waals surface area contributed by atoms with Crippen LogP contribution in [-0.2, 0) is 19.4 Å². The molecule has 7 heteroatoms. The number of guanidine groups is 1. The monoisotopic (exact) mass is 342 g/mol. The van der Waals surface area contributed by atoms with Gasteiger partial charge in [-0.1, -0.05) is 18.6 Å². The lowest BCUT2D eigenvalue weighted by atomic mass is 10.2. The topological polar surface area (TPSA) is 90.3 Å². The summed E-state index contributed by atoms with van der Waals surface area (Å²) in [5, 5.41) is 11.8. The molecule has 0 saturated heterocycles. The first-order chi connectivity index (χ1) is 12.3. The Hall–Kier alpha value is -2.57. The third kappa shape index (κ3) is 4.49. The number of nitrogens with one attached hydrogen (secondary N) is 1. The van der Waals surface area contributed by atoms with Crippen LogP contribution in [0.15, 0.2) is 29.3 Å². The van der Waals surface area contributed by atoms with E-state index < -0.39 is 0 Å². The van der Waals surface area contributed by atoms with E-state index in [9.17, 15) is 0 Å². The molecule has 2 aromatic rings. The van der Waals surface area contributed by atoms with Gasteiger partial charge in [-0.3, -0.25) is 4.99 Å². The van der Waals surface area contributed by atoms with Gasteiger partial charge in [0, 0.05) is 25.9 Å². The molecule has 1 aromatic carbocycles. The zero-order chi connectivity index (χ0) is 17.5. The van der Waals surface area contributed by atoms with E-state index in [2.05, 4.69) is 25.1 Å². The first-order valence-electron chi connectivity index (χ1n) is 8.89. The fourth-order valence-electron chi connectivity index (χ4n) is 3.09. The molecule has 0 radical (unpaired) electrons. The molecule has 3 N–H and O–H groups in total. The average molecular weight is 342 g/mol. The highest BCUT2D eigenvalue weighted by Crippen LogP contribution is 2.22. The third-order valence-corrected chi connectivity index (χ3v) is 4.40. The molecule has 1 aromatic heterocycles. The molecule has 0 atom stereocenters. The zero-order valence-corrected chi connectivity index (χ0v) is 14.7. The number of nitrogens with zero attached hydrogens (tertiary/aromatic N) is 4. The largest absolute Gasteiger partial charge is 0.495 e. The van der Waals surface area contributed by atoms with Gasteiger partial charge in [0.2, 0.25) is 0 Å². The smallest absolute Gasteiger partial charge is 0.193 e.